The minimum absolute atomic E-state index is 0.0116. The number of methoxy groups -OCH3 is 1. The number of aromatic nitrogens is 2. The fourth-order valence-corrected chi connectivity index (χ4v) is 4.14. The summed E-state index contributed by atoms with van der Waals surface area (Å²) in [4.78, 5) is 46.5. The molecule has 1 unspecified atom stereocenters. The monoisotopic (exact) mass is 476 g/mol. The molecule has 2 rings (SSSR count). The van der Waals surface area contributed by atoms with Crippen LogP contribution in [-0.2, 0) is 38.0 Å². The zero-order chi connectivity index (χ0) is 24.2. The molecule has 0 bridgehead atoms. The Balaban J connectivity index is 1.91. The molecular weight excluding hydrogens is 445 g/mol. The molecule has 1 saturated heterocycles. The number of hydrogen-bond acceptors (Lipinski definition) is 10. The Morgan fingerprint density at radius 1 is 1.38 bits per heavy atom. The molecular formula is C19H31N3O9P. The van der Waals surface area contributed by atoms with Gasteiger partial charge in [0, 0.05) is 17.4 Å². The van der Waals surface area contributed by atoms with E-state index in [2.05, 4.69) is 20.3 Å². The molecule has 1 aromatic rings. The number of nitrogens with one attached hydrogen (secondary N) is 2. The van der Waals surface area contributed by atoms with Crippen molar-refractivity contribution >= 4 is 26.0 Å². The molecule has 1 aromatic heterocycles. The van der Waals surface area contributed by atoms with Gasteiger partial charge < -0.3 is 19.7 Å². The third-order valence-electron chi connectivity index (χ3n) is 4.61. The number of carbonyl (C=O) groups is 3. The lowest BCUT2D eigenvalue weighted by atomic mass is 9.87. The van der Waals surface area contributed by atoms with Gasteiger partial charge in [-0.2, -0.15) is 5.10 Å². The van der Waals surface area contributed by atoms with Gasteiger partial charge in [-0.3, -0.25) is 28.3 Å². The van der Waals surface area contributed by atoms with E-state index < -0.39 is 44.3 Å². The molecule has 181 valence electrons. The van der Waals surface area contributed by atoms with Crippen LogP contribution in [0.4, 0.5) is 0 Å². The molecule has 2 atom stereocenters. The maximum Gasteiger partial charge on any atom is 0.381 e. The van der Waals surface area contributed by atoms with E-state index in [1.54, 1.807) is 19.9 Å². The predicted molar refractivity (Wildman–Crippen MR) is 112 cm³/mol. The highest BCUT2D eigenvalue weighted by Crippen LogP contribution is 2.63. The van der Waals surface area contributed by atoms with E-state index in [9.17, 15) is 19.3 Å². The van der Waals surface area contributed by atoms with Crippen LogP contribution in [0.1, 0.15) is 57.2 Å². The lowest BCUT2D eigenvalue weighted by Crippen LogP contribution is -2.50. The van der Waals surface area contributed by atoms with Gasteiger partial charge in [0.25, 0.3) is 0 Å². The Kier molecular flexibility index (Phi) is 8.35. The van der Waals surface area contributed by atoms with Crippen LogP contribution >= 0.6 is 8.17 Å². The molecule has 1 aliphatic rings. The number of nitrogens with zero attached hydrogens (tertiary/aromatic N) is 1. The number of aromatic amines is 1. The number of carbonyl (C=O) groups excluding carboxylic acids is 3. The lowest BCUT2D eigenvalue weighted by Gasteiger charge is -2.43. The number of ether oxygens (including phenoxy) is 2. The van der Waals surface area contributed by atoms with Gasteiger partial charge in [0.15, 0.2) is 6.10 Å². The molecule has 1 aliphatic heterocycles. The highest BCUT2D eigenvalue weighted by atomic mass is 31.2. The van der Waals surface area contributed by atoms with Crippen molar-refractivity contribution in [3.8, 4) is 0 Å². The van der Waals surface area contributed by atoms with Crippen LogP contribution in [0, 0.1) is 5.41 Å². The number of amides is 1. The van der Waals surface area contributed by atoms with Crippen molar-refractivity contribution in [3.05, 3.63) is 17.5 Å². The smallest absolute Gasteiger partial charge is 0.381 e. The topological polar surface area (TPSA) is 158 Å². The molecule has 12 nitrogen and oxygen atoms in total. The van der Waals surface area contributed by atoms with Crippen LogP contribution in [-0.4, -0.2) is 66.1 Å². The zero-order valence-corrected chi connectivity index (χ0v) is 20.0. The minimum atomic E-state index is -3.94. The van der Waals surface area contributed by atoms with Crippen LogP contribution < -0.4 is 5.32 Å². The molecule has 1 radical (unpaired) electrons. The third-order valence-corrected chi connectivity index (χ3v) is 5.98. The van der Waals surface area contributed by atoms with Crippen molar-refractivity contribution in [2.24, 2.45) is 5.41 Å². The van der Waals surface area contributed by atoms with E-state index in [0.717, 1.165) is 0 Å². The summed E-state index contributed by atoms with van der Waals surface area (Å²) in [5.41, 5.74) is -0.243. The fraction of sp³-hybridized carbons (Fsp3) is 0.684. The SMILES string of the molecule is COC(=O)CCNC(=O)[C@@H]1O[P](O)(OCOC(=O)c2cc(C(C)(C)C)n[nH]2)OCC1(C)C. The molecule has 2 heterocycles. The van der Waals surface area contributed by atoms with Crippen LogP contribution in [0.5, 0.6) is 0 Å². The molecule has 0 aromatic carbocycles. The summed E-state index contributed by atoms with van der Waals surface area (Å²) in [6, 6.07) is 1.57. The highest BCUT2D eigenvalue weighted by Gasteiger charge is 2.50. The zero-order valence-electron chi connectivity index (χ0n) is 19.1. The highest BCUT2D eigenvalue weighted by molar-refractivity contribution is 7.55. The number of esters is 2. The average molecular weight is 476 g/mol. The van der Waals surface area contributed by atoms with Gasteiger partial charge in [-0.1, -0.05) is 34.6 Å². The summed E-state index contributed by atoms with van der Waals surface area (Å²) in [6.45, 7) is 8.60. The van der Waals surface area contributed by atoms with Crippen LogP contribution in [0.3, 0.4) is 0 Å². The van der Waals surface area contributed by atoms with Crippen LogP contribution in [0.2, 0.25) is 0 Å². The van der Waals surface area contributed by atoms with Gasteiger partial charge in [-0.05, 0) is 6.07 Å². The summed E-state index contributed by atoms with van der Waals surface area (Å²) in [5, 5.41) is 9.22. The van der Waals surface area contributed by atoms with Gasteiger partial charge in [0.2, 0.25) is 12.7 Å². The van der Waals surface area contributed by atoms with Crippen LogP contribution in [0.15, 0.2) is 6.07 Å². The molecule has 0 spiro atoms. The maximum absolute atomic E-state index is 12.5. The van der Waals surface area contributed by atoms with Crippen molar-refractivity contribution in [2.45, 2.75) is 52.6 Å². The summed E-state index contributed by atoms with van der Waals surface area (Å²) in [6.07, 6.45) is -1.13. The van der Waals surface area contributed by atoms with Crippen molar-refractivity contribution in [2.75, 3.05) is 27.1 Å². The molecule has 3 N–H and O–H groups in total. The predicted octanol–water partition coefficient (Wildman–Crippen LogP) is 1.63. The largest absolute Gasteiger partial charge is 0.469 e. The first-order chi connectivity index (χ1) is 14.8. The van der Waals surface area contributed by atoms with E-state index in [1.165, 1.54) is 7.11 Å². The number of H-pyrrole nitrogens is 1. The second-order valence-electron chi connectivity index (χ2n) is 8.93. The Morgan fingerprint density at radius 3 is 2.66 bits per heavy atom. The quantitative estimate of drug-likeness (QED) is 0.286. The van der Waals surface area contributed by atoms with Gasteiger partial charge in [-0.25, -0.2) is 4.79 Å². The van der Waals surface area contributed by atoms with E-state index in [4.69, 9.17) is 18.3 Å². The van der Waals surface area contributed by atoms with E-state index in [1.807, 2.05) is 20.8 Å². The van der Waals surface area contributed by atoms with E-state index in [-0.39, 0.29) is 30.7 Å². The summed E-state index contributed by atoms with van der Waals surface area (Å²) < 4.78 is 25.4. The second-order valence-corrected chi connectivity index (χ2v) is 10.6. The van der Waals surface area contributed by atoms with Gasteiger partial charge in [0.05, 0.1) is 25.8 Å². The molecule has 32 heavy (non-hydrogen) atoms. The van der Waals surface area contributed by atoms with Crippen molar-refractivity contribution in [3.63, 3.8) is 0 Å². The van der Waals surface area contributed by atoms with Crippen molar-refractivity contribution in [1.82, 2.24) is 15.5 Å². The number of rotatable bonds is 8. The average Bonchev–Trinajstić information content (AvgIpc) is 3.21. The first kappa shape index (κ1) is 26.1. The Bertz CT molecular complexity index is 836. The third kappa shape index (κ3) is 6.94. The second kappa shape index (κ2) is 10.2. The molecule has 1 fully saturated rings. The summed E-state index contributed by atoms with van der Waals surface area (Å²) >= 11 is 0. The lowest BCUT2D eigenvalue weighted by molar-refractivity contribution is -0.146. The Morgan fingerprint density at radius 2 is 2.06 bits per heavy atom. The fourth-order valence-electron chi connectivity index (χ4n) is 2.62. The summed E-state index contributed by atoms with van der Waals surface area (Å²) in [7, 11) is -2.69. The molecule has 1 amide bonds. The molecule has 0 saturated carbocycles. The Hall–Kier alpha value is -2.11. The van der Waals surface area contributed by atoms with E-state index in [0.29, 0.717) is 5.69 Å². The van der Waals surface area contributed by atoms with E-state index >= 15 is 0 Å². The summed E-state index contributed by atoms with van der Waals surface area (Å²) in [5.74, 6) is -1.76. The van der Waals surface area contributed by atoms with Crippen LogP contribution in [0.25, 0.3) is 0 Å². The standard InChI is InChI=1S/C19H31N3O9P/c1-18(2,3)13-9-12(21-22-13)17(25)28-11-30-32(26)29-10-19(4,5)15(31-32)16(24)20-8-7-14(23)27-6/h9,15,26H,7-8,10-11H2,1-6H3,(H,20,24)(H,21,22)/t15-/m0/s1. The molecule has 0 aliphatic carbocycles. The minimum Gasteiger partial charge on any atom is -0.469 e. The van der Waals surface area contributed by atoms with Gasteiger partial charge in [-0.15, -0.1) is 0 Å². The van der Waals surface area contributed by atoms with Crippen molar-refractivity contribution in [1.29, 1.82) is 0 Å². The first-order valence-electron chi connectivity index (χ1n) is 9.94. The Labute approximate surface area is 186 Å². The maximum atomic E-state index is 12.5. The van der Waals surface area contributed by atoms with Crippen molar-refractivity contribution < 1.29 is 42.3 Å². The van der Waals surface area contributed by atoms with Gasteiger partial charge >= 0.3 is 20.1 Å². The normalized spacial score (nSPS) is 22.8. The first-order valence-corrected chi connectivity index (χ1v) is 11.4. The van der Waals surface area contributed by atoms with Gasteiger partial charge in [0.1, 0.15) is 5.69 Å². The molecule has 13 heteroatoms. The number of hydrogen-bond donors (Lipinski definition) is 3.